The van der Waals surface area contributed by atoms with E-state index < -0.39 is 21.9 Å². The quantitative estimate of drug-likeness (QED) is 0.0384. The van der Waals surface area contributed by atoms with Crippen molar-refractivity contribution < 1.29 is 27.3 Å². The lowest BCUT2D eigenvalue weighted by molar-refractivity contribution is 0.102. The number of aromatic nitrogens is 4. The van der Waals surface area contributed by atoms with E-state index in [0.717, 1.165) is 33.4 Å². The molecular weight excluding hydrogens is 1160 g/mol. The summed E-state index contributed by atoms with van der Waals surface area (Å²) in [5, 5.41) is 21.1. The molecule has 0 bridgehead atoms. The highest BCUT2D eigenvalue weighted by atomic mass is 35.5. The molecule has 0 saturated heterocycles. The molecule has 0 spiro atoms. The van der Waals surface area contributed by atoms with Crippen molar-refractivity contribution in [3.05, 3.63) is 212 Å². The maximum atomic E-state index is 12.5. The molecule has 19 heteroatoms. The fraction of sp³-hybridized carbons (Fsp3) is 0.333. The summed E-state index contributed by atoms with van der Waals surface area (Å²) >= 11 is 18.2. The van der Waals surface area contributed by atoms with Gasteiger partial charge in [0.05, 0.1) is 47.2 Å². The van der Waals surface area contributed by atoms with Gasteiger partial charge in [0.2, 0.25) is 34.9 Å². The van der Waals surface area contributed by atoms with Crippen molar-refractivity contribution in [2.24, 2.45) is 0 Å². The largest absolute Gasteiger partial charge is 0.420 e. The Balaban J connectivity index is 0.000000241. The Morgan fingerprint density at radius 3 is 1.32 bits per heavy atom. The van der Waals surface area contributed by atoms with Gasteiger partial charge in [0, 0.05) is 33.6 Å². The van der Waals surface area contributed by atoms with Crippen molar-refractivity contribution in [2.45, 2.75) is 142 Å². The molecule has 6 aromatic carbocycles. The summed E-state index contributed by atoms with van der Waals surface area (Å²) in [5.74, 6) is 1.22. The van der Waals surface area contributed by atoms with E-state index in [0.29, 0.717) is 80.3 Å². The summed E-state index contributed by atoms with van der Waals surface area (Å²) in [4.78, 5) is 30.0. The highest BCUT2D eigenvalue weighted by Gasteiger charge is 2.42. The number of benzene rings is 6. The maximum absolute atomic E-state index is 12.5. The average Bonchev–Trinajstić information content (AvgIpc) is 4.35. The molecule has 4 atom stereocenters. The van der Waals surface area contributed by atoms with Gasteiger partial charge in [0.1, 0.15) is 0 Å². The van der Waals surface area contributed by atoms with Gasteiger partial charge >= 0.3 is 0 Å². The SMILES string of the molecule is O=C(Cl)c1ccccc1.[C-]#[N+]c1ccc(C[C@@H](c2nnc(-c3ccc(N)cc3)o2)[C@@H](C)O[Si](C)(C)C(C)(C)C)c(C)c1Cl.[C-]#[N+]c1ccc(C[C@@H](c2nnc(-c3ccc(NC(=O)c4ccccc4)cc3)o2)[C@@H](C)O[Si](C)(C)C(C)(C)C)c(C)c1Cl. The fourth-order valence-electron chi connectivity index (χ4n) is 8.55. The fourth-order valence-corrected chi connectivity index (χ4v) is 12.0. The minimum absolute atomic E-state index is 0.0278. The van der Waals surface area contributed by atoms with Crippen LogP contribution in [0.2, 0.25) is 46.3 Å². The molecule has 0 unspecified atom stereocenters. The molecule has 8 aromatic rings. The summed E-state index contributed by atoms with van der Waals surface area (Å²) in [6.07, 6.45) is 0.780. The number of nitrogens with one attached hydrogen (secondary N) is 1. The molecule has 1 amide bonds. The summed E-state index contributed by atoms with van der Waals surface area (Å²) in [6.45, 7) is 45.0. The second-order valence-electron chi connectivity index (χ2n) is 23.9. The van der Waals surface area contributed by atoms with E-state index in [-0.39, 0.29) is 40.0 Å². The second-order valence-corrected chi connectivity index (χ2v) is 34.5. The van der Waals surface area contributed by atoms with Gasteiger partial charge in [-0.2, -0.15) is 0 Å². The van der Waals surface area contributed by atoms with Gasteiger partial charge in [-0.1, -0.05) is 138 Å². The Morgan fingerprint density at radius 1 is 0.588 bits per heavy atom. The molecule has 8 rings (SSSR count). The lowest BCUT2D eigenvalue weighted by atomic mass is 9.92. The Morgan fingerprint density at radius 2 is 0.965 bits per heavy atom. The van der Waals surface area contributed by atoms with Crippen LogP contribution in [0.1, 0.15) is 122 Å². The van der Waals surface area contributed by atoms with Crippen LogP contribution in [0.5, 0.6) is 0 Å². The number of nitrogens with zero attached hydrogens (tertiary/aromatic N) is 6. The van der Waals surface area contributed by atoms with Gasteiger partial charge < -0.3 is 28.7 Å². The first-order valence-corrected chi connectivity index (χ1v) is 34.8. The van der Waals surface area contributed by atoms with E-state index in [1.807, 2.05) is 98.8 Å². The van der Waals surface area contributed by atoms with Crippen molar-refractivity contribution in [3.63, 3.8) is 0 Å². The molecule has 0 radical (unpaired) electrons. The Bertz CT molecular complexity index is 3640. The molecule has 0 fully saturated rings. The number of nitrogen functional groups attached to an aromatic ring is 1. The summed E-state index contributed by atoms with van der Waals surface area (Å²) in [6, 6.07) is 39.9. The van der Waals surface area contributed by atoms with Gasteiger partial charge in [0.15, 0.2) is 16.6 Å². The molecule has 0 saturated carbocycles. The molecule has 14 nitrogen and oxygen atoms in total. The first-order valence-electron chi connectivity index (χ1n) is 27.9. The van der Waals surface area contributed by atoms with Crippen molar-refractivity contribution in [2.75, 3.05) is 11.1 Å². The molecule has 85 heavy (non-hydrogen) atoms. The molecule has 0 aliphatic carbocycles. The van der Waals surface area contributed by atoms with Crippen molar-refractivity contribution in [1.82, 2.24) is 20.4 Å². The van der Waals surface area contributed by atoms with Crippen LogP contribution in [-0.4, -0.2) is 60.4 Å². The Hall–Kier alpha value is -7.26. The Kier molecular flexibility index (Phi) is 22.6. The number of hydrogen-bond donors (Lipinski definition) is 2. The standard InChI is InChI=1S/C33H37ClN4O3Si.C26H33ClN4O2Si.C7H5ClO/c1-21-25(16-19-28(35-6)29(21)34)20-27(22(2)41-42(7,8)33(3,4)5)32-38-37-31(40-32)24-14-17-26(18-15-24)36-30(39)23-12-10-9-11-13-23;1-16-19(11-14-22(29-6)23(16)27)15-21(17(2)33-34(7,8)26(3,4)5)25-31-30-24(32-25)18-9-12-20(28)13-10-18;8-7(9)6-4-2-1-3-5-6/h9-19,22,27H,20H2,1-5,7-8H3,(H,36,39);9-14,17,21H,15,28H2,1-5,7-8H3;1-5H/t22-,27-;17-,21-;/m11./s1. The predicted octanol–water partition coefficient (Wildman–Crippen LogP) is 18.9. The van der Waals surface area contributed by atoms with Crippen LogP contribution in [-0.2, 0) is 21.7 Å². The lowest BCUT2D eigenvalue weighted by Gasteiger charge is -2.40. The molecule has 3 N–H and O–H groups in total. The number of carbonyl (C=O) groups is 2. The van der Waals surface area contributed by atoms with Crippen LogP contribution >= 0.6 is 34.8 Å². The molecule has 444 valence electrons. The number of rotatable bonds is 17. The maximum Gasteiger partial charge on any atom is 0.255 e. The van der Waals surface area contributed by atoms with Gasteiger partial charge in [-0.25, -0.2) is 9.69 Å². The van der Waals surface area contributed by atoms with Gasteiger partial charge in [0.25, 0.3) is 11.1 Å². The third kappa shape index (κ3) is 17.5. The first-order chi connectivity index (χ1) is 39.9. The molecule has 2 heterocycles. The highest BCUT2D eigenvalue weighted by molar-refractivity contribution is 6.74. The third-order valence-corrected chi connectivity index (χ3v) is 26.2. The first kappa shape index (κ1) is 66.9. The van der Waals surface area contributed by atoms with E-state index in [2.05, 4.69) is 117 Å². The van der Waals surface area contributed by atoms with Crippen LogP contribution in [0.25, 0.3) is 32.6 Å². The van der Waals surface area contributed by atoms with Crippen molar-refractivity contribution >= 4 is 85.3 Å². The minimum atomic E-state index is -2.11. The van der Waals surface area contributed by atoms with Crippen LogP contribution in [0.15, 0.2) is 142 Å². The van der Waals surface area contributed by atoms with E-state index >= 15 is 0 Å². The number of carbonyl (C=O) groups excluding carboxylic acids is 2. The van der Waals surface area contributed by atoms with Crippen LogP contribution < -0.4 is 11.1 Å². The number of amides is 1. The second kappa shape index (κ2) is 28.8. The molecular formula is C66H75Cl3N8O6Si2. The predicted molar refractivity (Wildman–Crippen MR) is 348 cm³/mol. The summed E-state index contributed by atoms with van der Waals surface area (Å²) < 4.78 is 26.0. The number of hydrogen-bond acceptors (Lipinski definition) is 11. The van der Waals surface area contributed by atoms with E-state index in [4.69, 9.17) is 71.4 Å². The lowest BCUT2D eigenvalue weighted by Crippen LogP contribution is -2.44. The highest BCUT2D eigenvalue weighted by Crippen LogP contribution is 2.43. The molecule has 2 aromatic heterocycles. The zero-order valence-electron chi connectivity index (χ0n) is 50.8. The third-order valence-electron chi connectivity index (χ3n) is 15.9. The number of halogens is 3. The van der Waals surface area contributed by atoms with E-state index in [9.17, 15) is 9.59 Å². The van der Waals surface area contributed by atoms with Crippen LogP contribution in [0, 0.1) is 27.0 Å². The summed E-state index contributed by atoms with van der Waals surface area (Å²) in [5.41, 5.74) is 14.5. The normalized spacial score (nSPS) is 13.1. The Labute approximate surface area is 517 Å². The summed E-state index contributed by atoms with van der Waals surface area (Å²) in [7, 11) is -4.17. The van der Waals surface area contributed by atoms with Crippen LogP contribution in [0.3, 0.4) is 0 Å². The van der Waals surface area contributed by atoms with Gasteiger partial charge in [-0.15, -0.1) is 20.4 Å². The monoisotopic (exact) mass is 1240 g/mol. The topological polar surface area (TPSA) is 177 Å². The minimum Gasteiger partial charge on any atom is -0.420 e. The number of nitrogens with two attached hydrogens (primary N) is 1. The smallest absolute Gasteiger partial charge is 0.255 e. The zero-order valence-corrected chi connectivity index (χ0v) is 55.0. The average molecular weight is 1240 g/mol. The van der Waals surface area contributed by atoms with Crippen molar-refractivity contribution in [3.8, 4) is 22.9 Å². The molecule has 0 aliphatic rings. The van der Waals surface area contributed by atoms with Crippen LogP contribution in [0.4, 0.5) is 22.7 Å². The number of anilines is 2. The zero-order chi connectivity index (χ0) is 62.6. The van der Waals surface area contributed by atoms with E-state index in [1.165, 1.54) is 0 Å². The molecule has 0 aliphatic heterocycles. The van der Waals surface area contributed by atoms with Gasteiger partial charge in [-0.05, 0) is 171 Å². The van der Waals surface area contributed by atoms with E-state index in [1.54, 1.807) is 48.5 Å². The van der Waals surface area contributed by atoms with Crippen molar-refractivity contribution in [1.29, 1.82) is 0 Å². The van der Waals surface area contributed by atoms with Gasteiger partial charge in [-0.3, -0.25) is 9.59 Å².